The Morgan fingerprint density at radius 2 is 1.86 bits per heavy atom. The zero-order valence-corrected chi connectivity index (χ0v) is 16.4. The molecule has 0 saturated carbocycles. The summed E-state index contributed by atoms with van der Waals surface area (Å²) >= 11 is 5.93. The molecule has 5 nitrogen and oxygen atoms in total. The summed E-state index contributed by atoms with van der Waals surface area (Å²) in [5, 5.41) is 13.7. The van der Waals surface area contributed by atoms with E-state index in [0.717, 1.165) is 16.9 Å². The Bertz CT molecular complexity index is 894. The number of benzene rings is 2. The maximum Gasteiger partial charge on any atom is 0.234 e. The summed E-state index contributed by atoms with van der Waals surface area (Å²) in [6, 6.07) is 18.1. The molecule has 1 atom stereocenters. The Morgan fingerprint density at radius 3 is 2.54 bits per heavy atom. The average Bonchev–Trinajstić information content (AvgIpc) is 3.17. The molecule has 0 aliphatic carbocycles. The van der Waals surface area contributed by atoms with Crippen LogP contribution in [0.1, 0.15) is 29.9 Å². The van der Waals surface area contributed by atoms with Crippen LogP contribution in [0.2, 0.25) is 5.02 Å². The minimum atomic E-state index is -0.139. The summed E-state index contributed by atoms with van der Waals surface area (Å²) < 4.78 is 5.43. The zero-order valence-electron chi connectivity index (χ0n) is 15.6. The van der Waals surface area contributed by atoms with E-state index in [9.17, 15) is 9.90 Å². The van der Waals surface area contributed by atoms with E-state index < -0.39 is 0 Å². The van der Waals surface area contributed by atoms with Gasteiger partial charge in [-0.05, 0) is 42.8 Å². The highest BCUT2D eigenvalue weighted by Gasteiger charge is 2.17. The fourth-order valence-corrected chi connectivity index (χ4v) is 3.13. The van der Waals surface area contributed by atoms with Crippen molar-refractivity contribution < 1.29 is 14.3 Å². The molecular weight excluding hydrogens is 376 g/mol. The Kier molecular flexibility index (Phi) is 6.74. The van der Waals surface area contributed by atoms with Crippen molar-refractivity contribution in [3.05, 3.63) is 88.8 Å². The molecule has 1 heterocycles. The smallest absolute Gasteiger partial charge is 0.234 e. The van der Waals surface area contributed by atoms with Gasteiger partial charge >= 0.3 is 0 Å². The number of hydrogen-bond acceptors (Lipinski definition) is 4. The lowest BCUT2D eigenvalue weighted by atomic mass is 10.1. The van der Waals surface area contributed by atoms with E-state index in [0.29, 0.717) is 18.1 Å². The molecule has 28 heavy (non-hydrogen) atoms. The number of amides is 1. The molecule has 0 aliphatic heterocycles. The van der Waals surface area contributed by atoms with Crippen LogP contribution in [0, 0.1) is 0 Å². The van der Waals surface area contributed by atoms with Crippen LogP contribution in [0.25, 0.3) is 0 Å². The molecule has 0 radical (unpaired) electrons. The number of aromatic hydroxyl groups is 1. The van der Waals surface area contributed by atoms with Gasteiger partial charge in [0, 0.05) is 17.1 Å². The molecule has 2 N–H and O–H groups in total. The number of halogens is 1. The SMILES string of the molecule is CC(NC(=O)CN(Cc1ccco1)Cc1ccccc1O)c1ccc(Cl)cc1. The number of hydrogen-bond donors (Lipinski definition) is 2. The van der Waals surface area contributed by atoms with Crippen molar-refractivity contribution in [2.45, 2.75) is 26.1 Å². The fraction of sp³-hybridized carbons (Fsp3) is 0.227. The first-order chi connectivity index (χ1) is 13.5. The van der Waals surface area contributed by atoms with Gasteiger partial charge in [-0.3, -0.25) is 9.69 Å². The molecule has 0 fully saturated rings. The second-order valence-electron chi connectivity index (χ2n) is 6.69. The third kappa shape index (κ3) is 5.62. The van der Waals surface area contributed by atoms with Gasteiger partial charge in [-0.25, -0.2) is 0 Å². The van der Waals surface area contributed by atoms with Crippen molar-refractivity contribution in [3.63, 3.8) is 0 Å². The summed E-state index contributed by atoms with van der Waals surface area (Å²) in [4.78, 5) is 14.6. The van der Waals surface area contributed by atoms with Gasteiger partial charge in [-0.1, -0.05) is 41.9 Å². The molecular formula is C22H23ClN2O3. The van der Waals surface area contributed by atoms with Crippen LogP contribution in [0.3, 0.4) is 0 Å². The number of phenols is 1. The first-order valence-electron chi connectivity index (χ1n) is 9.07. The highest BCUT2D eigenvalue weighted by atomic mass is 35.5. The third-order valence-corrected chi connectivity index (χ3v) is 4.71. The minimum absolute atomic E-state index is 0.107. The Morgan fingerprint density at radius 1 is 1.11 bits per heavy atom. The number of furan rings is 1. The van der Waals surface area contributed by atoms with Gasteiger partial charge in [-0.15, -0.1) is 0 Å². The number of rotatable bonds is 8. The zero-order chi connectivity index (χ0) is 19.9. The van der Waals surface area contributed by atoms with Gasteiger partial charge in [0.15, 0.2) is 0 Å². The van der Waals surface area contributed by atoms with E-state index in [-0.39, 0.29) is 24.2 Å². The largest absolute Gasteiger partial charge is 0.508 e. The van der Waals surface area contributed by atoms with Gasteiger partial charge in [0.05, 0.1) is 25.4 Å². The minimum Gasteiger partial charge on any atom is -0.508 e. The Hall–Kier alpha value is -2.76. The number of nitrogens with one attached hydrogen (secondary N) is 1. The summed E-state index contributed by atoms with van der Waals surface area (Å²) in [6.07, 6.45) is 1.61. The van der Waals surface area contributed by atoms with E-state index in [1.807, 2.05) is 48.2 Å². The number of nitrogens with zero attached hydrogens (tertiary/aromatic N) is 1. The van der Waals surface area contributed by atoms with Gasteiger partial charge in [-0.2, -0.15) is 0 Å². The second kappa shape index (κ2) is 9.44. The van der Waals surface area contributed by atoms with E-state index in [4.69, 9.17) is 16.0 Å². The molecule has 1 aromatic heterocycles. The lowest BCUT2D eigenvalue weighted by Crippen LogP contribution is -2.37. The molecule has 1 amide bonds. The molecule has 1 unspecified atom stereocenters. The Balaban J connectivity index is 1.66. The maximum absolute atomic E-state index is 12.6. The fourth-order valence-electron chi connectivity index (χ4n) is 3.00. The Labute approximate surface area is 169 Å². The van der Waals surface area contributed by atoms with Crippen LogP contribution in [0.15, 0.2) is 71.3 Å². The summed E-state index contributed by atoms with van der Waals surface area (Å²) in [6.45, 7) is 2.99. The maximum atomic E-state index is 12.6. The van der Waals surface area contributed by atoms with Crippen LogP contribution in [0.5, 0.6) is 5.75 Å². The first kappa shape index (κ1) is 20.0. The molecule has 2 aromatic carbocycles. The number of carbonyl (C=O) groups is 1. The molecule has 6 heteroatoms. The van der Waals surface area contributed by atoms with Crippen LogP contribution >= 0.6 is 11.6 Å². The lowest BCUT2D eigenvalue weighted by Gasteiger charge is -2.23. The first-order valence-corrected chi connectivity index (χ1v) is 9.45. The van der Waals surface area contributed by atoms with Crippen molar-refractivity contribution in [2.75, 3.05) is 6.54 Å². The quantitative estimate of drug-likeness (QED) is 0.585. The summed E-state index contributed by atoms with van der Waals surface area (Å²) in [5.41, 5.74) is 1.74. The van der Waals surface area contributed by atoms with Crippen LogP contribution < -0.4 is 5.32 Å². The molecule has 3 rings (SSSR count). The molecule has 146 valence electrons. The van der Waals surface area contributed by atoms with Crippen molar-refractivity contribution in [3.8, 4) is 5.75 Å². The normalized spacial score (nSPS) is 12.1. The van der Waals surface area contributed by atoms with Crippen molar-refractivity contribution in [1.29, 1.82) is 0 Å². The van der Waals surface area contributed by atoms with Crippen molar-refractivity contribution in [2.24, 2.45) is 0 Å². The third-order valence-electron chi connectivity index (χ3n) is 4.46. The summed E-state index contributed by atoms with van der Waals surface area (Å²) in [7, 11) is 0. The molecule has 0 aliphatic rings. The van der Waals surface area contributed by atoms with Crippen LogP contribution in [0.4, 0.5) is 0 Å². The second-order valence-corrected chi connectivity index (χ2v) is 7.13. The molecule has 0 bridgehead atoms. The topological polar surface area (TPSA) is 65.7 Å². The number of carbonyl (C=O) groups excluding carboxylic acids is 1. The summed E-state index contributed by atoms with van der Waals surface area (Å²) in [5.74, 6) is 0.861. The van der Waals surface area contributed by atoms with Crippen molar-refractivity contribution in [1.82, 2.24) is 10.2 Å². The highest BCUT2D eigenvalue weighted by molar-refractivity contribution is 6.30. The predicted octanol–water partition coefficient (Wildman–Crippen LogP) is 4.52. The van der Waals surface area contributed by atoms with E-state index in [1.54, 1.807) is 30.5 Å². The predicted molar refractivity (Wildman–Crippen MR) is 109 cm³/mol. The van der Waals surface area contributed by atoms with E-state index in [2.05, 4.69) is 5.32 Å². The highest BCUT2D eigenvalue weighted by Crippen LogP contribution is 2.20. The lowest BCUT2D eigenvalue weighted by molar-refractivity contribution is -0.123. The molecule has 0 saturated heterocycles. The van der Waals surface area contributed by atoms with E-state index >= 15 is 0 Å². The van der Waals surface area contributed by atoms with Gasteiger partial charge in [0.1, 0.15) is 11.5 Å². The van der Waals surface area contributed by atoms with Gasteiger partial charge < -0.3 is 14.8 Å². The van der Waals surface area contributed by atoms with E-state index in [1.165, 1.54) is 0 Å². The number of para-hydroxylation sites is 1. The molecule has 0 spiro atoms. The monoisotopic (exact) mass is 398 g/mol. The van der Waals surface area contributed by atoms with Gasteiger partial charge in [0.25, 0.3) is 0 Å². The van der Waals surface area contributed by atoms with Crippen LogP contribution in [-0.2, 0) is 17.9 Å². The standard InChI is InChI=1S/C22H23ClN2O3/c1-16(17-8-10-19(23)11-9-17)24-22(27)15-25(14-20-6-4-12-28-20)13-18-5-2-3-7-21(18)26/h2-12,16,26H,13-15H2,1H3,(H,24,27). The van der Waals surface area contributed by atoms with Gasteiger partial charge in [0.2, 0.25) is 5.91 Å². The van der Waals surface area contributed by atoms with Crippen LogP contribution in [-0.4, -0.2) is 22.5 Å². The van der Waals surface area contributed by atoms with Crippen molar-refractivity contribution >= 4 is 17.5 Å². The number of phenolic OH excluding ortho intramolecular Hbond substituents is 1. The molecule has 3 aromatic rings. The average molecular weight is 399 g/mol.